The molecule has 0 heterocycles. The van der Waals surface area contributed by atoms with Crippen LogP contribution in [0.5, 0.6) is 0 Å². The van der Waals surface area contributed by atoms with Crippen LogP contribution in [-0.4, -0.2) is 18.9 Å². The van der Waals surface area contributed by atoms with Gasteiger partial charge in [-0.25, -0.2) is 0 Å². The predicted molar refractivity (Wildman–Crippen MR) is 66.7 cm³/mol. The van der Waals surface area contributed by atoms with E-state index in [1.54, 1.807) is 0 Å². The number of carbonyl (C=O) groups excluding carboxylic acids is 2. The molecule has 1 aliphatic rings. The van der Waals surface area contributed by atoms with Gasteiger partial charge in [-0.2, -0.15) is 0 Å². The molecular weight excluding hydrogens is 284 g/mol. The van der Waals surface area contributed by atoms with Gasteiger partial charge in [0.25, 0.3) is 0 Å². The van der Waals surface area contributed by atoms with Crippen LogP contribution in [0.15, 0.2) is 28.7 Å². The normalized spacial score (nSPS) is 16.4. The molecule has 3 nitrogen and oxygen atoms in total. The number of ether oxygens (including phenoxy) is 1. The summed E-state index contributed by atoms with van der Waals surface area (Å²) in [4.78, 5) is 23.2. The van der Waals surface area contributed by atoms with Crippen LogP contribution in [-0.2, 0) is 19.7 Å². The van der Waals surface area contributed by atoms with Gasteiger partial charge in [-0.05, 0) is 30.5 Å². The lowest BCUT2D eigenvalue weighted by Gasteiger charge is -2.14. The molecule has 90 valence electrons. The van der Waals surface area contributed by atoms with Gasteiger partial charge in [-0.15, -0.1) is 0 Å². The lowest BCUT2D eigenvalue weighted by molar-refractivity contribution is -0.143. The Labute approximate surface area is 108 Å². The number of esters is 1. The number of ketones is 1. The van der Waals surface area contributed by atoms with Gasteiger partial charge in [0.05, 0.1) is 12.5 Å². The minimum absolute atomic E-state index is 0.0394. The molecule has 1 aromatic carbocycles. The molecule has 0 N–H and O–H groups in total. The van der Waals surface area contributed by atoms with Crippen molar-refractivity contribution >= 4 is 27.7 Å². The maximum atomic E-state index is 12.1. The van der Waals surface area contributed by atoms with Crippen molar-refractivity contribution in [2.45, 2.75) is 24.7 Å². The average molecular weight is 297 g/mol. The summed E-state index contributed by atoms with van der Waals surface area (Å²) < 4.78 is 5.49. The number of carbonyl (C=O) groups is 2. The van der Waals surface area contributed by atoms with Crippen molar-refractivity contribution in [3.05, 3.63) is 34.3 Å². The van der Waals surface area contributed by atoms with Gasteiger partial charge in [0.15, 0.2) is 5.78 Å². The number of rotatable bonds is 4. The van der Waals surface area contributed by atoms with Gasteiger partial charge in [0.1, 0.15) is 6.42 Å². The van der Waals surface area contributed by atoms with Crippen molar-refractivity contribution in [3.8, 4) is 0 Å². The summed E-state index contributed by atoms with van der Waals surface area (Å²) in [6.45, 7) is 0. The van der Waals surface area contributed by atoms with Crippen molar-refractivity contribution in [1.82, 2.24) is 0 Å². The van der Waals surface area contributed by atoms with E-state index in [1.807, 2.05) is 24.3 Å². The molecule has 0 aromatic heterocycles. The monoisotopic (exact) mass is 296 g/mol. The fourth-order valence-electron chi connectivity index (χ4n) is 2.01. The molecule has 4 heteroatoms. The highest BCUT2D eigenvalue weighted by Crippen LogP contribution is 2.50. The largest absolute Gasteiger partial charge is 0.469 e. The highest BCUT2D eigenvalue weighted by atomic mass is 79.9. The van der Waals surface area contributed by atoms with Crippen LogP contribution >= 0.6 is 15.9 Å². The molecule has 1 fully saturated rings. The second-order valence-electron chi connectivity index (χ2n) is 4.27. The van der Waals surface area contributed by atoms with Gasteiger partial charge in [0, 0.05) is 4.47 Å². The van der Waals surface area contributed by atoms with Crippen molar-refractivity contribution in [2.24, 2.45) is 0 Å². The number of Topliss-reactive ketones (excluding diaryl/α,β-unsaturated/α-hetero) is 1. The summed E-state index contributed by atoms with van der Waals surface area (Å²) in [7, 11) is 1.30. The van der Waals surface area contributed by atoms with Crippen molar-refractivity contribution in [3.63, 3.8) is 0 Å². The molecule has 0 saturated heterocycles. The Bertz CT molecular complexity index is 463. The van der Waals surface area contributed by atoms with E-state index in [0.717, 1.165) is 22.9 Å². The highest BCUT2D eigenvalue weighted by Gasteiger charge is 2.51. The molecule has 0 atom stereocenters. The zero-order valence-corrected chi connectivity index (χ0v) is 11.1. The van der Waals surface area contributed by atoms with E-state index >= 15 is 0 Å². The van der Waals surface area contributed by atoms with Gasteiger partial charge in [-0.1, -0.05) is 28.1 Å². The Hall–Kier alpha value is -1.16. The Morgan fingerprint density at radius 3 is 2.65 bits per heavy atom. The molecule has 0 aliphatic heterocycles. The molecule has 17 heavy (non-hydrogen) atoms. The van der Waals surface area contributed by atoms with E-state index in [9.17, 15) is 9.59 Å². The first-order valence-corrected chi connectivity index (χ1v) is 6.24. The standard InChI is InChI=1S/C13H13BrO3/c1-17-12(16)8-11(15)13(5-6-13)9-3-2-4-10(14)7-9/h2-4,7H,5-6,8H2,1H3. The summed E-state index contributed by atoms with van der Waals surface area (Å²) in [5.74, 6) is -0.501. The first-order valence-electron chi connectivity index (χ1n) is 5.45. The molecule has 1 saturated carbocycles. The predicted octanol–water partition coefficient (Wildman–Crippen LogP) is 2.61. The minimum atomic E-state index is -0.462. The van der Waals surface area contributed by atoms with Gasteiger partial charge in [-0.3, -0.25) is 9.59 Å². The van der Waals surface area contributed by atoms with Crippen LogP contribution < -0.4 is 0 Å². The van der Waals surface area contributed by atoms with Crippen LogP contribution in [0.25, 0.3) is 0 Å². The van der Waals surface area contributed by atoms with Crippen molar-refractivity contribution in [2.75, 3.05) is 7.11 Å². The number of methoxy groups -OCH3 is 1. The fourth-order valence-corrected chi connectivity index (χ4v) is 2.41. The summed E-state index contributed by atoms with van der Waals surface area (Å²) in [6.07, 6.45) is 1.50. The zero-order valence-electron chi connectivity index (χ0n) is 9.53. The zero-order chi connectivity index (χ0) is 12.5. The van der Waals surface area contributed by atoms with Crippen LogP contribution in [0.4, 0.5) is 0 Å². The number of halogens is 1. The fraction of sp³-hybridized carbons (Fsp3) is 0.385. The highest BCUT2D eigenvalue weighted by molar-refractivity contribution is 9.10. The number of hydrogen-bond donors (Lipinski definition) is 0. The Balaban J connectivity index is 2.20. The maximum absolute atomic E-state index is 12.1. The van der Waals surface area contributed by atoms with Crippen LogP contribution in [0.1, 0.15) is 24.8 Å². The van der Waals surface area contributed by atoms with E-state index in [4.69, 9.17) is 0 Å². The van der Waals surface area contributed by atoms with Crippen LogP contribution in [0.2, 0.25) is 0 Å². The van der Waals surface area contributed by atoms with Gasteiger partial charge < -0.3 is 4.74 Å². The second-order valence-corrected chi connectivity index (χ2v) is 5.18. The van der Waals surface area contributed by atoms with Crippen LogP contribution in [0.3, 0.4) is 0 Å². The molecule has 0 radical (unpaired) electrons. The third-order valence-corrected chi connectivity index (χ3v) is 3.69. The molecule has 0 spiro atoms. The van der Waals surface area contributed by atoms with Crippen molar-refractivity contribution < 1.29 is 14.3 Å². The summed E-state index contributed by atoms with van der Waals surface area (Å²) in [5, 5.41) is 0. The lowest BCUT2D eigenvalue weighted by atomic mass is 9.90. The number of benzene rings is 1. The minimum Gasteiger partial charge on any atom is -0.469 e. The van der Waals surface area contributed by atoms with E-state index < -0.39 is 11.4 Å². The summed E-state index contributed by atoms with van der Waals surface area (Å²) in [5.41, 5.74) is 0.540. The van der Waals surface area contributed by atoms with Crippen molar-refractivity contribution in [1.29, 1.82) is 0 Å². The van der Waals surface area contributed by atoms with Crippen LogP contribution in [0, 0.1) is 0 Å². The first-order chi connectivity index (χ1) is 8.08. The molecule has 0 bridgehead atoms. The molecule has 0 amide bonds. The smallest absolute Gasteiger partial charge is 0.313 e. The van der Waals surface area contributed by atoms with Gasteiger partial charge >= 0.3 is 5.97 Å². The molecule has 1 aromatic rings. The molecular formula is C13H13BrO3. The Morgan fingerprint density at radius 2 is 2.12 bits per heavy atom. The SMILES string of the molecule is COC(=O)CC(=O)C1(c2cccc(Br)c2)CC1. The third kappa shape index (κ3) is 2.41. The molecule has 2 rings (SSSR count). The summed E-state index contributed by atoms with van der Waals surface area (Å²) in [6, 6.07) is 7.71. The Kier molecular flexibility index (Phi) is 3.33. The second kappa shape index (κ2) is 4.61. The first kappa shape index (κ1) is 12.3. The van der Waals surface area contributed by atoms with E-state index in [0.29, 0.717) is 0 Å². The molecule has 0 unspecified atom stereocenters. The van der Waals surface area contributed by atoms with E-state index in [-0.39, 0.29) is 12.2 Å². The summed E-state index contributed by atoms with van der Waals surface area (Å²) >= 11 is 3.39. The third-order valence-electron chi connectivity index (χ3n) is 3.19. The topological polar surface area (TPSA) is 43.4 Å². The van der Waals surface area contributed by atoms with E-state index in [1.165, 1.54) is 7.11 Å². The Morgan fingerprint density at radius 1 is 1.41 bits per heavy atom. The molecule has 1 aliphatic carbocycles. The number of hydrogen-bond acceptors (Lipinski definition) is 3. The maximum Gasteiger partial charge on any atom is 0.313 e. The average Bonchev–Trinajstić information content (AvgIpc) is 3.10. The van der Waals surface area contributed by atoms with E-state index in [2.05, 4.69) is 20.7 Å². The quantitative estimate of drug-likeness (QED) is 0.634. The van der Waals surface area contributed by atoms with Gasteiger partial charge in [0.2, 0.25) is 0 Å². The lowest BCUT2D eigenvalue weighted by Crippen LogP contribution is -2.23.